The number of carbonyl (C=O) groups excluding carboxylic acids is 2. The zero-order chi connectivity index (χ0) is 33.9. The molecule has 1 aliphatic rings. The normalized spacial score (nSPS) is 14.7. The van der Waals surface area contributed by atoms with E-state index in [2.05, 4.69) is 31.2 Å². The number of aliphatic hydroxyl groups is 1. The molecular formula is C36H35BrN6O5. The van der Waals surface area contributed by atoms with Crippen molar-refractivity contribution in [3.8, 4) is 22.7 Å². The Balaban J connectivity index is 1.38. The molecule has 246 valence electrons. The third kappa shape index (κ3) is 6.67. The van der Waals surface area contributed by atoms with Crippen LogP contribution >= 0.6 is 15.9 Å². The number of aliphatic hydroxyl groups excluding tert-OH is 1. The number of benzene rings is 3. The number of imidazole rings is 1. The summed E-state index contributed by atoms with van der Waals surface area (Å²) in [5.74, 6) is -0.136. The molecule has 1 aliphatic heterocycles. The molecule has 2 atom stereocenters. The van der Waals surface area contributed by atoms with Crippen LogP contribution in [-0.2, 0) is 19.6 Å². The topological polar surface area (TPSA) is 132 Å². The van der Waals surface area contributed by atoms with Gasteiger partial charge >= 0.3 is 5.69 Å². The highest BCUT2D eigenvalue weighted by atomic mass is 79.9. The maximum absolute atomic E-state index is 14.2. The lowest BCUT2D eigenvalue weighted by atomic mass is 10.0. The van der Waals surface area contributed by atoms with Gasteiger partial charge in [0.2, 0.25) is 0 Å². The van der Waals surface area contributed by atoms with Gasteiger partial charge in [-0.15, -0.1) is 0 Å². The quantitative estimate of drug-likeness (QED) is 0.223. The Morgan fingerprint density at radius 2 is 1.88 bits per heavy atom. The summed E-state index contributed by atoms with van der Waals surface area (Å²) in [5.41, 5.74) is 4.53. The monoisotopic (exact) mass is 710 g/mol. The fraction of sp³-hybridized carbons (Fsp3) is 0.250. The fourth-order valence-electron chi connectivity index (χ4n) is 5.85. The maximum atomic E-state index is 14.2. The van der Waals surface area contributed by atoms with Gasteiger partial charge in [-0.2, -0.15) is 0 Å². The molecule has 3 heterocycles. The lowest BCUT2D eigenvalue weighted by Gasteiger charge is -2.34. The Hall–Kier alpha value is -5.07. The first-order valence-corrected chi connectivity index (χ1v) is 16.4. The molecule has 0 fully saturated rings. The SMILES string of the molecule is Cc1cc(C(=O)N2Cc3c(C(=O)NCc4ccccc4-c4ccncn4)n(-c4ccc(OC[C@@H](C)O)cc4)c(=O)n3C[C@@H]2C)ccc1Br. The van der Waals surface area contributed by atoms with Crippen molar-refractivity contribution in [1.82, 2.24) is 29.3 Å². The number of carbonyl (C=O) groups is 2. The summed E-state index contributed by atoms with van der Waals surface area (Å²) in [5, 5.41) is 12.6. The molecule has 3 aromatic carbocycles. The molecule has 2 N–H and O–H groups in total. The van der Waals surface area contributed by atoms with E-state index < -0.39 is 12.0 Å². The molecule has 11 nitrogen and oxygen atoms in total. The van der Waals surface area contributed by atoms with E-state index in [4.69, 9.17) is 4.74 Å². The Morgan fingerprint density at radius 3 is 2.58 bits per heavy atom. The third-order valence-electron chi connectivity index (χ3n) is 8.33. The van der Waals surface area contributed by atoms with Gasteiger partial charge in [0, 0.05) is 40.9 Å². The molecule has 5 aromatic rings. The summed E-state index contributed by atoms with van der Waals surface area (Å²) in [6.07, 6.45) is 2.49. The van der Waals surface area contributed by atoms with Crippen molar-refractivity contribution >= 4 is 27.7 Å². The number of hydrogen-bond acceptors (Lipinski definition) is 7. The van der Waals surface area contributed by atoms with Crippen LogP contribution in [0.5, 0.6) is 5.75 Å². The largest absolute Gasteiger partial charge is 0.491 e. The number of nitrogens with one attached hydrogen (secondary N) is 1. The second-order valence-corrected chi connectivity index (χ2v) is 12.7. The first-order chi connectivity index (χ1) is 23.1. The standard InChI is InChI=1S/C36H35BrN6O5/c1-22-16-25(8-13-30(22)37)35(46)41-19-32-33(34(45)39-17-26-6-4-5-7-29(26)31-14-15-38-21-40-31)43(36(47)42(32)18-23(41)2)27-9-11-28(12-10-27)48-20-24(3)44/h4-16,21,23-24,44H,17-20H2,1-3H3,(H,39,45)/t23-,24+/m0/s1. The van der Waals surface area contributed by atoms with Gasteiger partial charge in [-0.1, -0.05) is 40.2 Å². The predicted octanol–water partition coefficient (Wildman–Crippen LogP) is 4.90. The van der Waals surface area contributed by atoms with Crippen LogP contribution in [0.25, 0.3) is 16.9 Å². The van der Waals surface area contributed by atoms with Crippen molar-refractivity contribution in [2.75, 3.05) is 6.61 Å². The number of aromatic nitrogens is 4. The van der Waals surface area contributed by atoms with Crippen molar-refractivity contribution in [2.45, 2.75) is 52.6 Å². The number of fused-ring (bicyclic) bond motifs is 1. The molecule has 2 amide bonds. The Labute approximate surface area is 286 Å². The van der Waals surface area contributed by atoms with Gasteiger partial charge in [0.15, 0.2) is 0 Å². The molecule has 0 saturated carbocycles. The minimum atomic E-state index is -0.644. The molecule has 48 heavy (non-hydrogen) atoms. The van der Waals surface area contributed by atoms with Gasteiger partial charge in [0.25, 0.3) is 11.8 Å². The highest BCUT2D eigenvalue weighted by molar-refractivity contribution is 9.10. The summed E-state index contributed by atoms with van der Waals surface area (Å²) in [6.45, 7) is 6.01. The molecular weight excluding hydrogens is 676 g/mol. The van der Waals surface area contributed by atoms with Gasteiger partial charge < -0.3 is 20.1 Å². The van der Waals surface area contributed by atoms with Crippen LogP contribution in [0.3, 0.4) is 0 Å². The first-order valence-electron chi connectivity index (χ1n) is 15.6. The van der Waals surface area contributed by atoms with E-state index >= 15 is 0 Å². The van der Waals surface area contributed by atoms with E-state index in [-0.39, 0.29) is 49.6 Å². The Kier molecular flexibility index (Phi) is 9.56. The number of rotatable bonds is 9. The van der Waals surface area contributed by atoms with Crippen molar-refractivity contribution < 1.29 is 19.4 Å². The number of hydrogen-bond donors (Lipinski definition) is 2. The van der Waals surface area contributed by atoms with Crippen LogP contribution in [-0.4, -0.2) is 59.7 Å². The van der Waals surface area contributed by atoms with Crippen LogP contribution in [0.4, 0.5) is 0 Å². The van der Waals surface area contributed by atoms with Gasteiger partial charge in [0.1, 0.15) is 24.4 Å². The van der Waals surface area contributed by atoms with Crippen LogP contribution < -0.4 is 15.7 Å². The first kappa shape index (κ1) is 32.9. The van der Waals surface area contributed by atoms with E-state index in [1.54, 1.807) is 59.0 Å². The van der Waals surface area contributed by atoms with E-state index in [0.717, 1.165) is 26.9 Å². The minimum Gasteiger partial charge on any atom is -0.491 e. The summed E-state index contributed by atoms with van der Waals surface area (Å²) in [7, 11) is 0. The van der Waals surface area contributed by atoms with Crippen molar-refractivity contribution in [1.29, 1.82) is 0 Å². The van der Waals surface area contributed by atoms with Crippen LogP contribution in [0.1, 0.15) is 51.5 Å². The smallest absolute Gasteiger partial charge is 0.333 e. The van der Waals surface area contributed by atoms with E-state index in [9.17, 15) is 19.5 Å². The Morgan fingerprint density at radius 1 is 1.10 bits per heavy atom. The second-order valence-electron chi connectivity index (χ2n) is 11.9. The number of amides is 2. The summed E-state index contributed by atoms with van der Waals surface area (Å²) >= 11 is 3.50. The van der Waals surface area contributed by atoms with Crippen LogP contribution in [0, 0.1) is 6.92 Å². The zero-order valence-electron chi connectivity index (χ0n) is 26.8. The van der Waals surface area contributed by atoms with Gasteiger partial charge in [-0.25, -0.2) is 14.8 Å². The summed E-state index contributed by atoms with van der Waals surface area (Å²) < 4.78 is 9.50. The molecule has 12 heteroatoms. The molecule has 0 unspecified atom stereocenters. The van der Waals surface area contributed by atoms with E-state index in [1.807, 2.05) is 50.2 Å². The van der Waals surface area contributed by atoms with Gasteiger partial charge in [-0.3, -0.25) is 18.7 Å². The molecule has 2 aromatic heterocycles. The third-order valence-corrected chi connectivity index (χ3v) is 9.22. The number of halogens is 1. The number of nitrogens with zero attached hydrogens (tertiary/aromatic N) is 5. The lowest BCUT2D eigenvalue weighted by molar-refractivity contribution is 0.0610. The average molecular weight is 712 g/mol. The average Bonchev–Trinajstić information content (AvgIpc) is 3.38. The number of ether oxygens (including phenoxy) is 1. The lowest BCUT2D eigenvalue weighted by Crippen LogP contribution is -2.47. The molecule has 0 spiro atoms. The van der Waals surface area contributed by atoms with Crippen molar-refractivity contribution in [2.24, 2.45) is 0 Å². The highest BCUT2D eigenvalue weighted by Crippen LogP contribution is 2.27. The van der Waals surface area contributed by atoms with Crippen molar-refractivity contribution in [3.05, 3.63) is 128 Å². The van der Waals surface area contributed by atoms with Crippen molar-refractivity contribution in [3.63, 3.8) is 0 Å². The molecule has 0 aliphatic carbocycles. The van der Waals surface area contributed by atoms with Gasteiger partial charge in [0.05, 0.1) is 29.7 Å². The van der Waals surface area contributed by atoms with E-state index in [0.29, 0.717) is 22.7 Å². The second kappa shape index (κ2) is 14.0. The van der Waals surface area contributed by atoms with Gasteiger partial charge in [-0.05, 0) is 80.4 Å². The Bertz CT molecular complexity index is 2020. The molecule has 0 bridgehead atoms. The maximum Gasteiger partial charge on any atom is 0.333 e. The van der Waals surface area contributed by atoms with Crippen LogP contribution in [0.15, 0.2) is 94.6 Å². The zero-order valence-corrected chi connectivity index (χ0v) is 28.3. The predicted molar refractivity (Wildman–Crippen MR) is 184 cm³/mol. The highest BCUT2D eigenvalue weighted by Gasteiger charge is 2.35. The molecule has 0 saturated heterocycles. The number of aryl methyl sites for hydroxylation is 1. The fourth-order valence-corrected chi connectivity index (χ4v) is 6.09. The van der Waals surface area contributed by atoms with E-state index in [1.165, 1.54) is 10.9 Å². The summed E-state index contributed by atoms with van der Waals surface area (Å²) in [4.78, 5) is 52.2. The summed E-state index contributed by atoms with van der Waals surface area (Å²) in [6, 6.07) is 21.3. The molecule has 0 radical (unpaired) electrons. The van der Waals surface area contributed by atoms with Crippen LogP contribution in [0.2, 0.25) is 0 Å². The molecule has 6 rings (SSSR count). The minimum absolute atomic E-state index is 0.0627.